The van der Waals surface area contributed by atoms with Crippen molar-refractivity contribution in [2.24, 2.45) is 0 Å². The number of nitrogens with one attached hydrogen (secondary N) is 2. The van der Waals surface area contributed by atoms with E-state index in [0.717, 1.165) is 5.69 Å². The Morgan fingerprint density at radius 1 is 1.22 bits per heavy atom. The first kappa shape index (κ1) is 14.9. The fourth-order valence-electron chi connectivity index (χ4n) is 1.96. The highest BCUT2D eigenvalue weighted by atomic mass is 32.1. The van der Waals surface area contributed by atoms with Gasteiger partial charge in [-0.2, -0.15) is 0 Å². The predicted molar refractivity (Wildman–Crippen MR) is 88.4 cm³/mol. The number of hydrogen-bond acceptors (Lipinski definition) is 7. The largest absolute Gasteiger partial charge is 0.495 e. The van der Waals surface area contributed by atoms with E-state index in [1.165, 1.54) is 11.3 Å². The molecule has 7 nitrogen and oxygen atoms in total. The average molecular weight is 327 g/mol. The highest BCUT2D eigenvalue weighted by Gasteiger charge is 2.15. The zero-order valence-corrected chi connectivity index (χ0v) is 13.0. The lowest BCUT2D eigenvalue weighted by atomic mass is 10.2. The van der Waals surface area contributed by atoms with Gasteiger partial charge < -0.3 is 10.1 Å². The minimum atomic E-state index is -0.313. The van der Waals surface area contributed by atoms with Crippen LogP contribution in [0.2, 0.25) is 0 Å². The number of benzene rings is 1. The first-order valence-corrected chi connectivity index (χ1v) is 7.58. The first-order chi connectivity index (χ1) is 11.3. The van der Waals surface area contributed by atoms with E-state index in [0.29, 0.717) is 22.3 Å². The van der Waals surface area contributed by atoms with E-state index in [-0.39, 0.29) is 5.91 Å². The molecular weight excluding hydrogens is 314 g/mol. The second kappa shape index (κ2) is 6.84. The SMILES string of the molecule is COc1ccccc1Nc1ncccc1C(=O)Nc1nncs1. The molecule has 0 spiro atoms. The molecule has 0 unspecified atom stereocenters. The van der Waals surface area contributed by atoms with Gasteiger partial charge >= 0.3 is 0 Å². The Hall–Kier alpha value is -3.00. The fourth-order valence-corrected chi connectivity index (χ4v) is 2.40. The van der Waals surface area contributed by atoms with E-state index in [4.69, 9.17) is 4.74 Å². The Bertz CT molecular complexity index is 807. The zero-order chi connectivity index (χ0) is 16.1. The van der Waals surface area contributed by atoms with Gasteiger partial charge in [0.15, 0.2) is 0 Å². The molecule has 8 heteroatoms. The van der Waals surface area contributed by atoms with Crippen LogP contribution in [0.1, 0.15) is 10.4 Å². The van der Waals surface area contributed by atoms with Crippen LogP contribution in [-0.4, -0.2) is 28.2 Å². The molecule has 0 aliphatic rings. The van der Waals surface area contributed by atoms with Crippen molar-refractivity contribution in [3.05, 3.63) is 53.7 Å². The van der Waals surface area contributed by atoms with Crippen LogP contribution in [-0.2, 0) is 0 Å². The van der Waals surface area contributed by atoms with Crippen LogP contribution < -0.4 is 15.4 Å². The summed E-state index contributed by atoms with van der Waals surface area (Å²) < 4.78 is 5.30. The molecule has 0 atom stereocenters. The van der Waals surface area contributed by atoms with Gasteiger partial charge in [0, 0.05) is 6.20 Å². The number of methoxy groups -OCH3 is 1. The lowest BCUT2D eigenvalue weighted by molar-refractivity contribution is 0.102. The van der Waals surface area contributed by atoms with Crippen LogP contribution in [0.5, 0.6) is 5.75 Å². The monoisotopic (exact) mass is 327 g/mol. The lowest BCUT2D eigenvalue weighted by Crippen LogP contribution is -2.14. The Morgan fingerprint density at radius 3 is 2.87 bits per heavy atom. The number of hydrogen-bond donors (Lipinski definition) is 2. The van der Waals surface area contributed by atoms with Gasteiger partial charge in [-0.3, -0.25) is 10.1 Å². The average Bonchev–Trinajstić information content (AvgIpc) is 3.09. The molecule has 0 saturated carbocycles. The van der Waals surface area contributed by atoms with Gasteiger partial charge in [0.2, 0.25) is 5.13 Å². The van der Waals surface area contributed by atoms with Crippen LogP contribution in [0.3, 0.4) is 0 Å². The van der Waals surface area contributed by atoms with Gasteiger partial charge in [0.05, 0.1) is 18.4 Å². The summed E-state index contributed by atoms with van der Waals surface area (Å²) >= 11 is 1.25. The van der Waals surface area contributed by atoms with Gasteiger partial charge in [-0.05, 0) is 24.3 Å². The highest BCUT2D eigenvalue weighted by molar-refractivity contribution is 7.13. The third-order valence-corrected chi connectivity index (χ3v) is 3.60. The van der Waals surface area contributed by atoms with Crippen molar-refractivity contribution in [1.82, 2.24) is 15.2 Å². The van der Waals surface area contributed by atoms with Crippen molar-refractivity contribution >= 4 is 33.9 Å². The number of anilines is 3. The Kier molecular flexibility index (Phi) is 4.44. The maximum Gasteiger partial charge on any atom is 0.261 e. The molecule has 3 aromatic rings. The summed E-state index contributed by atoms with van der Waals surface area (Å²) in [6, 6.07) is 10.8. The lowest BCUT2D eigenvalue weighted by Gasteiger charge is -2.12. The summed E-state index contributed by atoms with van der Waals surface area (Å²) in [5.41, 5.74) is 2.67. The Labute approximate surface area is 136 Å². The summed E-state index contributed by atoms with van der Waals surface area (Å²) in [5, 5.41) is 13.7. The second-order valence-corrected chi connectivity index (χ2v) is 5.26. The molecule has 0 fully saturated rings. The number of carbonyl (C=O) groups excluding carboxylic acids is 1. The third kappa shape index (κ3) is 3.43. The standard InChI is InChI=1S/C15H13N5O2S/c1-22-12-7-3-2-6-11(12)18-13-10(5-4-8-16-13)14(21)19-15-20-17-9-23-15/h2-9H,1H3,(H,16,18)(H,19,20,21). The topological polar surface area (TPSA) is 89.0 Å². The van der Waals surface area contributed by atoms with E-state index in [2.05, 4.69) is 25.8 Å². The van der Waals surface area contributed by atoms with Crippen molar-refractivity contribution in [2.45, 2.75) is 0 Å². The molecule has 0 radical (unpaired) electrons. The molecule has 0 bridgehead atoms. The van der Waals surface area contributed by atoms with Crippen LogP contribution in [0.15, 0.2) is 48.1 Å². The number of rotatable bonds is 5. The maximum absolute atomic E-state index is 12.4. The third-order valence-electron chi connectivity index (χ3n) is 2.99. The number of pyridine rings is 1. The molecule has 23 heavy (non-hydrogen) atoms. The minimum Gasteiger partial charge on any atom is -0.495 e. The molecule has 2 heterocycles. The normalized spacial score (nSPS) is 10.1. The zero-order valence-electron chi connectivity index (χ0n) is 12.2. The summed E-state index contributed by atoms with van der Waals surface area (Å²) in [7, 11) is 1.59. The summed E-state index contributed by atoms with van der Waals surface area (Å²) in [6.45, 7) is 0. The number of aromatic nitrogens is 3. The molecule has 0 aliphatic heterocycles. The van der Waals surface area contributed by atoms with Crippen LogP contribution in [0, 0.1) is 0 Å². The van der Waals surface area contributed by atoms with Gasteiger partial charge in [-0.1, -0.05) is 23.5 Å². The van der Waals surface area contributed by atoms with Crippen molar-refractivity contribution in [1.29, 1.82) is 0 Å². The molecule has 1 amide bonds. The predicted octanol–water partition coefficient (Wildman–Crippen LogP) is 2.94. The Morgan fingerprint density at radius 2 is 2.09 bits per heavy atom. The molecule has 3 rings (SSSR count). The molecule has 116 valence electrons. The number of para-hydroxylation sites is 2. The van der Waals surface area contributed by atoms with Crippen molar-refractivity contribution < 1.29 is 9.53 Å². The van der Waals surface area contributed by atoms with E-state index < -0.39 is 0 Å². The Balaban J connectivity index is 1.87. The molecular formula is C15H13N5O2S. The van der Waals surface area contributed by atoms with Crippen molar-refractivity contribution in [3.63, 3.8) is 0 Å². The van der Waals surface area contributed by atoms with E-state index >= 15 is 0 Å². The molecule has 2 N–H and O–H groups in total. The minimum absolute atomic E-state index is 0.313. The van der Waals surface area contributed by atoms with Gasteiger partial charge in [0.25, 0.3) is 5.91 Å². The van der Waals surface area contributed by atoms with E-state index in [1.54, 1.807) is 30.9 Å². The van der Waals surface area contributed by atoms with Gasteiger partial charge in [0.1, 0.15) is 17.1 Å². The molecule has 2 aromatic heterocycles. The van der Waals surface area contributed by atoms with E-state index in [9.17, 15) is 4.79 Å². The number of ether oxygens (including phenoxy) is 1. The highest BCUT2D eigenvalue weighted by Crippen LogP contribution is 2.27. The second-order valence-electron chi connectivity index (χ2n) is 4.42. The van der Waals surface area contributed by atoms with Crippen LogP contribution in [0.4, 0.5) is 16.6 Å². The van der Waals surface area contributed by atoms with Crippen molar-refractivity contribution in [2.75, 3.05) is 17.7 Å². The first-order valence-electron chi connectivity index (χ1n) is 6.70. The quantitative estimate of drug-likeness (QED) is 0.749. The van der Waals surface area contributed by atoms with Crippen LogP contribution in [0.25, 0.3) is 0 Å². The number of carbonyl (C=O) groups is 1. The van der Waals surface area contributed by atoms with Gasteiger partial charge in [-0.15, -0.1) is 10.2 Å². The van der Waals surface area contributed by atoms with Crippen molar-refractivity contribution in [3.8, 4) is 5.75 Å². The summed E-state index contributed by atoms with van der Waals surface area (Å²) in [4.78, 5) is 16.6. The number of nitrogens with zero attached hydrogens (tertiary/aromatic N) is 3. The van der Waals surface area contributed by atoms with E-state index in [1.807, 2.05) is 24.3 Å². The smallest absolute Gasteiger partial charge is 0.261 e. The molecule has 0 saturated heterocycles. The summed E-state index contributed by atoms with van der Waals surface area (Å²) in [5.74, 6) is 0.778. The summed E-state index contributed by atoms with van der Waals surface area (Å²) in [6.07, 6.45) is 1.61. The van der Waals surface area contributed by atoms with Crippen LogP contribution >= 0.6 is 11.3 Å². The molecule has 1 aromatic carbocycles. The van der Waals surface area contributed by atoms with Gasteiger partial charge in [-0.25, -0.2) is 4.98 Å². The molecule has 0 aliphatic carbocycles. The number of amides is 1. The maximum atomic E-state index is 12.4. The fraction of sp³-hybridized carbons (Fsp3) is 0.0667.